The number of hydrogen-bond acceptors (Lipinski definition) is 4. The first-order valence-corrected chi connectivity index (χ1v) is 8.59. The van der Waals surface area contributed by atoms with Crippen LogP contribution in [0.15, 0.2) is 40.7 Å². The Kier molecular flexibility index (Phi) is 6.58. The van der Waals surface area contributed by atoms with E-state index < -0.39 is 0 Å². The molecule has 1 heterocycles. The van der Waals surface area contributed by atoms with Crippen molar-refractivity contribution < 1.29 is 4.74 Å². The Balaban J connectivity index is 1.97. The Bertz CT molecular complexity index is 607. The highest BCUT2D eigenvalue weighted by atomic mass is 79.9. The Hall–Kier alpha value is -1.69. The van der Waals surface area contributed by atoms with Crippen LogP contribution in [-0.4, -0.2) is 21.7 Å². The van der Waals surface area contributed by atoms with E-state index in [-0.39, 0.29) is 0 Å². The van der Waals surface area contributed by atoms with Crippen molar-refractivity contribution in [2.45, 2.75) is 33.2 Å². The highest BCUT2D eigenvalue weighted by Crippen LogP contribution is 2.23. The quantitative estimate of drug-likeness (QED) is 0.368. The molecule has 2 aromatic rings. The van der Waals surface area contributed by atoms with Crippen LogP contribution in [0.4, 0.5) is 11.4 Å². The topological polar surface area (TPSA) is 51.8 Å². The van der Waals surface area contributed by atoms with Crippen molar-refractivity contribution in [1.29, 1.82) is 0 Å². The van der Waals surface area contributed by atoms with Gasteiger partial charge < -0.3 is 4.74 Å². The minimum Gasteiger partial charge on any atom is -0.494 e. The lowest BCUT2D eigenvalue weighted by Crippen LogP contribution is -1.98. The summed E-state index contributed by atoms with van der Waals surface area (Å²) in [6.07, 6.45) is 4.11. The van der Waals surface area contributed by atoms with Crippen LogP contribution in [0.1, 0.15) is 25.5 Å². The van der Waals surface area contributed by atoms with E-state index in [0.29, 0.717) is 0 Å². The summed E-state index contributed by atoms with van der Waals surface area (Å²) in [4.78, 5) is 0. The molecule has 2 rings (SSSR count). The number of benzene rings is 1. The second kappa shape index (κ2) is 8.68. The largest absolute Gasteiger partial charge is 0.494 e. The normalized spacial score (nSPS) is 11.2. The molecule has 6 heteroatoms. The molecular formula is C16H21BrN4O. The van der Waals surface area contributed by atoms with Crippen LogP contribution in [0.25, 0.3) is 0 Å². The van der Waals surface area contributed by atoms with Gasteiger partial charge in [0.2, 0.25) is 0 Å². The number of hydrogen-bond donors (Lipinski definition) is 0. The molecule has 1 aromatic carbocycles. The molecule has 0 amide bonds. The fourth-order valence-electron chi connectivity index (χ4n) is 1.86. The molecule has 0 N–H and O–H groups in total. The van der Waals surface area contributed by atoms with Gasteiger partial charge in [-0.3, -0.25) is 4.68 Å². The molecule has 0 aliphatic heterocycles. The van der Waals surface area contributed by atoms with Gasteiger partial charge in [0, 0.05) is 5.33 Å². The van der Waals surface area contributed by atoms with E-state index in [9.17, 15) is 0 Å². The third kappa shape index (κ3) is 4.94. The van der Waals surface area contributed by atoms with E-state index in [4.69, 9.17) is 4.74 Å². The lowest BCUT2D eigenvalue weighted by atomic mass is 10.3. The van der Waals surface area contributed by atoms with Crippen molar-refractivity contribution in [2.24, 2.45) is 10.2 Å². The molecule has 0 fully saturated rings. The van der Waals surface area contributed by atoms with Gasteiger partial charge in [-0.15, -0.1) is 5.11 Å². The van der Waals surface area contributed by atoms with E-state index in [2.05, 4.69) is 38.2 Å². The van der Waals surface area contributed by atoms with Crippen molar-refractivity contribution in [3.05, 3.63) is 36.2 Å². The van der Waals surface area contributed by atoms with Crippen molar-refractivity contribution in [3.63, 3.8) is 0 Å². The minimum atomic E-state index is 0.753. The monoisotopic (exact) mass is 364 g/mol. The molecule has 1 aromatic heterocycles. The lowest BCUT2D eigenvalue weighted by Gasteiger charge is -2.04. The fraction of sp³-hybridized carbons (Fsp3) is 0.438. The Labute approximate surface area is 139 Å². The number of azo groups is 1. The Morgan fingerprint density at radius 2 is 2.00 bits per heavy atom. The predicted octanol–water partition coefficient (Wildman–Crippen LogP) is 5.18. The van der Waals surface area contributed by atoms with E-state index in [1.807, 2.05) is 42.1 Å². The number of aryl methyl sites for hydroxylation is 2. The van der Waals surface area contributed by atoms with Crippen LogP contribution >= 0.6 is 15.9 Å². The maximum Gasteiger partial charge on any atom is 0.126 e. The molecule has 0 radical (unpaired) electrons. The Morgan fingerprint density at radius 3 is 2.68 bits per heavy atom. The number of aromatic nitrogens is 2. The number of halogens is 1. The van der Waals surface area contributed by atoms with Gasteiger partial charge in [-0.05, 0) is 37.6 Å². The molecule has 0 bridgehead atoms. The van der Waals surface area contributed by atoms with Gasteiger partial charge in [0.25, 0.3) is 0 Å². The molecule has 118 valence electrons. The van der Waals surface area contributed by atoms with Crippen molar-refractivity contribution in [3.8, 4) is 5.75 Å². The third-order valence-electron chi connectivity index (χ3n) is 3.11. The van der Waals surface area contributed by atoms with E-state index >= 15 is 0 Å². The summed E-state index contributed by atoms with van der Waals surface area (Å²) in [5.74, 6) is 0.869. The zero-order valence-corrected chi connectivity index (χ0v) is 14.6. The average molecular weight is 365 g/mol. The van der Waals surface area contributed by atoms with Gasteiger partial charge >= 0.3 is 0 Å². The van der Waals surface area contributed by atoms with E-state index in [1.165, 1.54) is 0 Å². The van der Waals surface area contributed by atoms with Gasteiger partial charge in [-0.2, -0.15) is 10.2 Å². The van der Waals surface area contributed by atoms with Crippen molar-refractivity contribution in [1.82, 2.24) is 9.78 Å². The number of rotatable bonds is 8. The van der Waals surface area contributed by atoms with Crippen molar-refractivity contribution >= 4 is 27.3 Å². The van der Waals surface area contributed by atoms with Crippen LogP contribution in [0.2, 0.25) is 0 Å². The van der Waals surface area contributed by atoms with Gasteiger partial charge in [0.1, 0.15) is 11.4 Å². The standard InChI is InChI=1S/C16H21BrN4O/c1-3-4-11-22-15-7-5-14(6-8-15)18-19-16-12-21(10-9-17)20-13(16)2/h5-8,12H,3-4,9-11H2,1-2H3. The van der Waals surface area contributed by atoms with E-state index in [1.54, 1.807) is 0 Å². The summed E-state index contributed by atoms with van der Waals surface area (Å²) in [5, 5.41) is 13.8. The zero-order valence-electron chi connectivity index (χ0n) is 13.0. The summed E-state index contributed by atoms with van der Waals surface area (Å²) < 4.78 is 7.49. The lowest BCUT2D eigenvalue weighted by molar-refractivity contribution is 0.309. The SMILES string of the molecule is CCCCOc1ccc(N=Nc2cn(CCBr)nc2C)cc1. The molecule has 0 aliphatic rings. The van der Waals surface area contributed by atoms with Crippen LogP contribution in [-0.2, 0) is 6.54 Å². The molecule has 0 saturated carbocycles. The van der Waals surface area contributed by atoms with Crippen LogP contribution in [0.3, 0.4) is 0 Å². The van der Waals surface area contributed by atoms with Crippen LogP contribution in [0, 0.1) is 6.92 Å². The van der Waals surface area contributed by atoms with Gasteiger partial charge in [0.15, 0.2) is 0 Å². The molecule has 0 unspecified atom stereocenters. The first-order chi connectivity index (χ1) is 10.7. The summed E-state index contributed by atoms with van der Waals surface area (Å²) in [6, 6.07) is 7.66. The average Bonchev–Trinajstić information content (AvgIpc) is 2.87. The first kappa shape index (κ1) is 16.7. The van der Waals surface area contributed by atoms with Gasteiger partial charge in [-0.1, -0.05) is 29.3 Å². The van der Waals surface area contributed by atoms with Crippen molar-refractivity contribution in [2.75, 3.05) is 11.9 Å². The first-order valence-electron chi connectivity index (χ1n) is 7.47. The molecule has 0 saturated heterocycles. The smallest absolute Gasteiger partial charge is 0.126 e. The number of nitrogens with zero attached hydrogens (tertiary/aromatic N) is 4. The second-order valence-electron chi connectivity index (χ2n) is 4.95. The molecule has 0 spiro atoms. The fourth-order valence-corrected chi connectivity index (χ4v) is 2.22. The highest BCUT2D eigenvalue weighted by molar-refractivity contribution is 9.09. The third-order valence-corrected chi connectivity index (χ3v) is 3.47. The summed E-state index contributed by atoms with van der Waals surface area (Å²) in [7, 11) is 0. The maximum absolute atomic E-state index is 5.62. The highest BCUT2D eigenvalue weighted by Gasteiger charge is 2.03. The molecular weight excluding hydrogens is 344 g/mol. The summed E-state index contributed by atoms with van der Waals surface area (Å²) in [6.45, 7) is 5.65. The molecule has 5 nitrogen and oxygen atoms in total. The predicted molar refractivity (Wildman–Crippen MR) is 91.8 cm³/mol. The van der Waals surface area contributed by atoms with Gasteiger partial charge in [0.05, 0.1) is 30.7 Å². The summed E-state index contributed by atoms with van der Waals surface area (Å²) in [5.41, 5.74) is 2.48. The second-order valence-corrected chi connectivity index (χ2v) is 5.74. The molecule has 22 heavy (non-hydrogen) atoms. The molecule has 0 atom stereocenters. The summed E-state index contributed by atoms with van der Waals surface area (Å²) >= 11 is 3.40. The number of alkyl halides is 1. The van der Waals surface area contributed by atoms with Crippen LogP contribution in [0.5, 0.6) is 5.75 Å². The maximum atomic E-state index is 5.62. The zero-order chi connectivity index (χ0) is 15.8. The number of unbranched alkanes of at least 4 members (excludes halogenated alkanes) is 1. The van der Waals surface area contributed by atoms with Crippen LogP contribution < -0.4 is 4.74 Å². The minimum absolute atomic E-state index is 0.753. The van der Waals surface area contributed by atoms with E-state index in [0.717, 1.165) is 54.1 Å². The Morgan fingerprint density at radius 1 is 1.23 bits per heavy atom. The molecule has 0 aliphatic carbocycles. The van der Waals surface area contributed by atoms with Gasteiger partial charge in [-0.25, -0.2) is 0 Å². The number of ether oxygens (including phenoxy) is 1.